The molecule has 41 heavy (non-hydrogen) atoms. The van der Waals surface area contributed by atoms with Crippen molar-refractivity contribution in [1.29, 1.82) is 0 Å². The number of nitrogen functional groups attached to an aromatic ring is 2. The fourth-order valence-electron chi connectivity index (χ4n) is 3.98. The van der Waals surface area contributed by atoms with Crippen LogP contribution in [0.1, 0.15) is 20.7 Å². The van der Waals surface area contributed by atoms with Gasteiger partial charge in [0.1, 0.15) is 28.7 Å². The topological polar surface area (TPSA) is 149 Å². The molecular weight excluding hydrogens is 520 g/mol. The minimum absolute atomic E-state index is 0.0936. The predicted octanol–water partition coefficient (Wildman–Crippen LogP) is 6.65. The Labute approximate surface area is 236 Å². The number of carbonyl (C=O) groups is 2. The molecule has 5 rings (SSSR count). The lowest BCUT2D eigenvalue weighted by Gasteiger charge is -2.11. The van der Waals surface area contributed by atoms with Crippen molar-refractivity contribution in [3.8, 4) is 28.7 Å². The van der Waals surface area contributed by atoms with Gasteiger partial charge in [-0.2, -0.15) is 0 Å². The molecule has 0 aliphatic carbocycles. The number of nitrogens with one attached hydrogen (secondary N) is 2. The first kappa shape index (κ1) is 26.6. The van der Waals surface area contributed by atoms with Gasteiger partial charge in [-0.05, 0) is 66.7 Å². The first-order valence-corrected chi connectivity index (χ1v) is 12.5. The molecule has 0 aliphatic heterocycles. The van der Waals surface area contributed by atoms with Gasteiger partial charge in [-0.15, -0.1) is 0 Å². The van der Waals surface area contributed by atoms with E-state index in [9.17, 15) is 14.7 Å². The Morgan fingerprint density at radius 1 is 0.537 bits per heavy atom. The minimum Gasteiger partial charge on any atom is -0.508 e. The molecule has 0 aromatic heterocycles. The lowest BCUT2D eigenvalue weighted by Crippen LogP contribution is -2.15. The number of carbonyl (C=O) groups excluding carboxylic acids is 2. The van der Waals surface area contributed by atoms with Crippen LogP contribution in [0.15, 0.2) is 115 Å². The number of phenols is 1. The van der Waals surface area contributed by atoms with Gasteiger partial charge in [0.2, 0.25) is 0 Å². The Morgan fingerprint density at radius 2 is 0.927 bits per heavy atom. The van der Waals surface area contributed by atoms with Gasteiger partial charge in [-0.1, -0.05) is 24.3 Å². The second-order valence-corrected chi connectivity index (χ2v) is 9.08. The third-order valence-electron chi connectivity index (χ3n) is 5.81. The fourth-order valence-corrected chi connectivity index (χ4v) is 3.98. The number of benzene rings is 5. The molecule has 0 bridgehead atoms. The van der Waals surface area contributed by atoms with Crippen LogP contribution in [0.3, 0.4) is 0 Å². The number of ether oxygens (including phenoxy) is 2. The Kier molecular flexibility index (Phi) is 7.69. The summed E-state index contributed by atoms with van der Waals surface area (Å²) in [6.07, 6.45) is 0. The van der Waals surface area contributed by atoms with Crippen molar-refractivity contribution in [2.24, 2.45) is 0 Å². The van der Waals surface area contributed by atoms with Gasteiger partial charge in [-0.3, -0.25) is 9.59 Å². The van der Waals surface area contributed by atoms with Crippen LogP contribution >= 0.6 is 0 Å². The molecule has 2 amide bonds. The number of aromatic hydroxyl groups is 1. The van der Waals surface area contributed by atoms with Crippen LogP contribution in [0, 0.1) is 0 Å². The monoisotopic (exact) mass is 546 g/mol. The third-order valence-corrected chi connectivity index (χ3v) is 5.81. The zero-order valence-electron chi connectivity index (χ0n) is 21.7. The Bertz CT molecular complexity index is 1610. The normalized spacial score (nSPS) is 10.4. The predicted molar refractivity (Wildman–Crippen MR) is 159 cm³/mol. The van der Waals surface area contributed by atoms with Gasteiger partial charge < -0.3 is 36.7 Å². The van der Waals surface area contributed by atoms with Crippen LogP contribution in [-0.4, -0.2) is 16.9 Å². The van der Waals surface area contributed by atoms with Gasteiger partial charge in [0.25, 0.3) is 11.8 Å². The van der Waals surface area contributed by atoms with Gasteiger partial charge in [0.05, 0.1) is 0 Å². The maximum atomic E-state index is 13.0. The van der Waals surface area contributed by atoms with E-state index in [2.05, 4.69) is 10.6 Å². The standard InChI is InChI=1S/C32H26N4O5/c33-22-5-1-9-27(16-22)40-29-11-3-7-24(18-29)35-31(38)20-13-21(15-26(37)14-20)32(39)36-25-8-4-12-30(19-25)41-28-10-2-6-23(34)17-28/h1-19,37H,33-34H2,(H,35,38)(H,36,39). The number of hydrogen-bond donors (Lipinski definition) is 5. The average Bonchev–Trinajstić information content (AvgIpc) is 2.93. The molecule has 0 radical (unpaired) electrons. The molecule has 0 saturated heterocycles. The van der Waals surface area contributed by atoms with Crippen molar-refractivity contribution >= 4 is 34.6 Å². The molecule has 7 N–H and O–H groups in total. The molecule has 0 fully saturated rings. The van der Waals surface area contributed by atoms with E-state index in [1.54, 1.807) is 97.1 Å². The van der Waals surface area contributed by atoms with Crippen LogP contribution in [-0.2, 0) is 0 Å². The highest BCUT2D eigenvalue weighted by Gasteiger charge is 2.15. The van der Waals surface area contributed by atoms with Gasteiger partial charge in [-0.25, -0.2) is 0 Å². The highest BCUT2D eigenvalue weighted by molar-refractivity contribution is 6.09. The number of hydrogen-bond acceptors (Lipinski definition) is 7. The van der Waals surface area contributed by atoms with Crippen LogP contribution in [0.25, 0.3) is 0 Å². The van der Waals surface area contributed by atoms with Crippen molar-refractivity contribution in [2.75, 3.05) is 22.1 Å². The van der Waals surface area contributed by atoms with E-state index < -0.39 is 11.8 Å². The lowest BCUT2D eigenvalue weighted by atomic mass is 10.1. The van der Waals surface area contributed by atoms with E-state index in [1.165, 1.54) is 18.2 Å². The summed E-state index contributed by atoms with van der Waals surface area (Å²) in [5, 5.41) is 15.8. The van der Waals surface area contributed by atoms with Crippen LogP contribution < -0.4 is 31.6 Å². The van der Waals surface area contributed by atoms with Crippen molar-refractivity contribution < 1.29 is 24.2 Å². The molecule has 9 nitrogen and oxygen atoms in total. The first-order chi connectivity index (χ1) is 19.8. The second kappa shape index (κ2) is 11.8. The summed E-state index contributed by atoms with van der Waals surface area (Å²) < 4.78 is 11.6. The summed E-state index contributed by atoms with van der Waals surface area (Å²) in [5.41, 5.74) is 13.8. The SMILES string of the molecule is Nc1cccc(Oc2cccc(NC(=O)c3cc(O)cc(C(=O)Nc4cccc(Oc5cccc(N)c5)c4)c3)c2)c1. The smallest absolute Gasteiger partial charge is 0.255 e. The highest BCUT2D eigenvalue weighted by Crippen LogP contribution is 2.28. The van der Waals surface area contributed by atoms with Gasteiger partial charge >= 0.3 is 0 Å². The minimum atomic E-state index is -0.520. The zero-order chi connectivity index (χ0) is 28.8. The largest absolute Gasteiger partial charge is 0.508 e. The third kappa shape index (κ3) is 7.12. The number of phenolic OH excluding ortho intramolecular Hbond substituents is 1. The van der Waals surface area contributed by atoms with Crippen molar-refractivity contribution in [3.05, 3.63) is 126 Å². The first-order valence-electron chi connectivity index (χ1n) is 12.5. The van der Waals surface area contributed by atoms with Crippen LogP contribution in [0.5, 0.6) is 28.7 Å². The zero-order valence-corrected chi connectivity index (χ0v) is 21.7. The fraction of sp³-hybridized carbons (Fsp3) is 0. The van der Waals surface area contributed by atoms with Crippen molar-refractivity contribution in [2.45, 2.75) is 0 Å². The molecular formula is C32H26N4O5. The molecule has 0 saturated carbocycles. The highest BCUT2D eigenvalue weighted by atomic mass is 16.5. The summed E-state index contributed by atoms with van der Waals surface area (Å²) >= 11 is 0. The Hall–Kier alpha value is -5.96. The number of anilines is 4. The number of nitrogens with two attached hydrogens (primary N) is 2. The summed E-state index contributed by atoms with van der Waals surface area (Å²) in [4.78, 5) is 26.0. The summed E-state index contributed by atoms with van der Waals surface area (Å²) in [6, 6.07) is 31.5. The second-order valence-electron chi connectivity index (χ2n) is 9.08. The maximum Gasteiger partial charge on any atom is 0.255 e. The van der Waals surface area contributed by atoms with E-state index in [-0.39, 0.29) is 16.9 Å². The number of rotatable bonds is 8. The Morgan fingerprint density at radius 3 is 1.34 bits per heavy atom. The molecule has 9 heteroatoms. The van der Waals surface area contributed by atoms with E-state index in [0.717, 1.165) is 0 Å². The van der Waals surface area contributed by atoms with Crippen LogP contribution in [0.4, 0.5) is 22.7 Å². The molecule has 0 heterocycles. The summed E-state index contributed by atoms with van der Waals surface area (Å²) in [6.45, 7) is 0. The van der Waals surface area contributed by atoms with E-state index in [0.29, 0.717) is 45.7 Å². The molecule has 5 aromatic rings. The molecule has 0 aliphatic rings. The average molecular weight is 547 g/mol. The van der Waals surface area contributed by atoms with Crippen molar-refractivity contribution in [1.82, 2.24) is 0 Å². The van der Waals surface area contributed by atoms with Gasteiger partial charge in [0, 0.05) is 58.1 Å². The van der Waals surface area contributed by atoms with E-state index in [1.807, 2.05) is 0 Å². The summed E-state index contributed by atoms with van der Waals surface area (Å²) in [5.74, 6) is 0.818. The van der Waals surface area contributed by atoms with Crippen molar-refractivity contribution in [3.63, 3.8) is 0 Å². The Balaban J connectivity index is 1.27. The lowest BCUT2D eigenvalue weighted by molar-refractivity contribution is 0.102. The number of amides is 2. The van der Waals surface area contributed by atoms with E-state index >= 15 is 0 Å². The van der Waals surface area contributed by atoms with Gasteiger partial charge in [0.15, 0.2) is 0 Å². The molecule has 0 unspecified atom stereocenters. The molecule has 204 valence electrons. The molecule has 0 spiro atoms. The van der Waals surface area contributed by atoms with E-state index in [4.69, 9.17) is 20.9 Å². The quantitative estimate of drug-likeness (QED) is 0.137. The van der Waals surface area contributed by atoms with Crippen LogP contribution in [0.2, 0.25) is 0 Å². The molecule has 0 atom stereocenters. The maximum absolute atomic E-state index is 13.0. The summed E-state index contributed by atoms with van der Waals surface area (Å²) in [7, 11) is 0. The molecule has 5 aromatic carbocycles.